The Balaban J connectivity index is 2.32. The highest BCUT2D eigenvalue weighted by Crippen LogP contribution is 2.35. The summed E-state index contributed by atoms with van der Waals surface area (Å²) in [6.45, 7) is 6.13. The van der Waals surface area contributed by atoms with Gasteiger partial charge in [-0.25, -0.2) is 20.8 Å². The fraction of sp³-hybridized carbons (Fsp3) is 0.235. The van der Waals surface area contributed by atoms with Gasteiger partial charge in [0.1, 0.15) is 5.82 Å². The van der Waals surface area contributed by atoms with Gasteiger partial charge in [-0.1, -0.05) is 50.6 Å². The molecule has 0 bridgehead atoms. The van der Waals surface area contributed by atoms with Crippen molar-refractivity contribution in [2.75, 3.05) is 5.43 Å². The number of rotatable bonds is 2. The summed E-state index contributed by atoms with van der Waals surface area (Å²) >= 11 is 9.88. The van der Waals surface area contributed by atoms with Gasteiger partial charge < -0.3 is 5.43 Å². The summed E-state index contributed by atoms with van der Waals surface area (Å²) in [4.78, 5) is 13.9. The van der Waals surface area contributed by atoms with Crippen molar-refractivity contribution in [1.82, 2.24) is 15.0 Å². The zero-order chi connectivity index (χ0) is 17.5. The molecule has 3 N–H and O–H groups in total. The third-order valence-corrected chi connectivity index (χ3v) is 4.51. The lowest BCUT2D eigenvalue weighted by atomic mass is 9.95. The van der Waals surface area contributed by atoms with Crippen molar-refractivity contribution in [3.05, 3.63) is 45.7 Å². The molecule has 0 saturated heterocycles. The molecule has 7 heteroatoms. The molecule has 2 heterocycles. The average Bonchev–Trinajstić information content (AvgIpc) is 2.53. The van der Waals surface area contributed by atoms with Crippen LogP contribution in [0.1, 0.15) is 26.6 Å². The Labute approximate surface area is 153 Å². The van der Waals surface area contributed by atoms with Crippen LogP contribution in [0.5, 0.6) is 0 Å². The Morgan fingerprint density at radius 1 is 1.12 bits per heavy atom. The van der Waals surface area contributed by atoms with Crippen LogP contribution in [0.3, 0.4) is 0 Å². The number of pyridine rings is 1. The molecule has 0 fully saturated rings. The fourth-order valence-electron chi connectivity index (χ4n) is 2.32. The minimum atomic E-state index is -0.223. The number of halogens is 2. The Hall–Kier alpha value is -1.76. The van der Waals surface area contributed by atoms with Crippen LogP contribution < -0.4 is 11.3 Å². The molecule has 0 saturated carbocycles. The molecule has 0 aliphatic rings. The topological polar surface area (TPSA) is 76.7 Å². The monoisotopic (exact) mass is 405 g/mol. The highest BCUT2D eigenvalue weighted by atomic mass is 79.9. The number of hydrazine groups is 1. The van der Waals surface area contributed by atoms with Crippen LogP contribution in [-0.2, 0) is 5.41 Å². The molecule has 0 unspecified atom stereocenters. The second kappa shape index (κ2) is 6.27. The van der Waals surface area contributed by atoms with Crippen LogP contribution in [0.2, 0.25) is 5.02 Å². The van der Waals surface area contributed by atoms with E-state index in [0.717, 1.165) is 21.1 Å². The summed E-state index contributed by atoms with van der Waals surface area (Å²) < 4.78 is 0.798. The maximum absolute atomic E-state index is 6.32. The number of fused-ring (bicyclic) bond motifs is 1. The molecule has 3 aromatic rings. The highest BCUT2D eigenvalue weighted by Gasteiger charge is 2.21. The number of hydrogen-bond acceptors (Lipinski definition) is 5. The molecule has 1 aromatic carbocycles. The fourth-order valence-corrected chi connectivity index (χ4v) is 3.07. The van der Waals surface area contributed by atoms with E-state index in [9.17, 15) is 0 Å². The van der Waals surface area contributed by atoms with E-state index in [-0.39, 0.29) is 5.41 Å². The maximum Gasteiger partial charge on any atom is 0.165 e. The van der Waals surface area contributed by atoms with Crippen LogP contribution in [0.25, 0.3) is 22.3 Å². The quantitative estimate of drug-likeness (QED) is 0.477. The zero-order valence-corrected chi connectivity index (χ0v) is 15.9. The van der Waals surface area contributed by atoms with Crippen LogP contribution in [0.4, 0.5) is 5.82 Å². The molecular weight excluding hydrogens is 390 g/mol. The molecule has 0 aliphatic carbocycles. The van der Waals surface area contributed by atoms with Gasteiger partial charge in [0.25, 0.3) is 0 Å². The predicted molar refractivity (Wildman–Crippen MR) is 102 cm³/mol. The van der Waals surface area contributed by atoms with E-state index in [0.29, 0.717) is 22.3 Å². The van der Waals surface area contributed by atoms with Crippen molar-refractivity contribution >= 4 is 44.4 Å². The average molecular weight is 407 g/mol. The predicted octanol–water partition coefficient (Wildman–Crippen LogP) is 4.69. The molecular formula is C17H17BrClN5. The van der Waals surface area contributed by atoms with E-state index < -0.39 is 0 Å². The van der Waals surface area contributed by atoms with Crippen molar-refractivity contribution in [3.8, 4) is 11.3 Å². The van der Waals surface area contributed by atoms with E-state index in [2.05, 4.69) is 31.3 Å². The van der Waals surface area contributed by atoms with Gasteiger partial charge >= 0.3 is 0 Å². The minimum Gasteiger partial charge on any atom is -0.308 e. The largest absolute Gasteiger partial charge is 0.308 e. The lowest BCUT2D eigenvalue weighted by molar-refractivity contribution is 0.548. The first-order valence-corrected chi connectivity index (χ1v) is 8.58. The number of benzene rings is 1. The SMILES string of the molecule is CC(C)(C)c1nc(NN)c2cc(Br)c(-c3ccccc3Cl)nc2n1. The van der Waals surface area contributed by atoms with Crippen LogP contribution >= 0.6 is 27.5 Å². The first-order valence-electron chi connectivity index (χ1n) is 7.41. The Kier molecular flexibility index (Phi) is 4.46. The molecule has 2 aromatic heterocycles. The second-order valence-corrected chi connectivity index (χ2v) is 7.72. The molecule has 0 amide bonds. The van der Waals surface area contributed by atoms with Crippen molar-refractivity contribution in [1.29, 1.82) is 0 Å². The summed E-state index contributed by atoms with van der Waals surface area (Å²) in [7, 11) is 0. The molecule has 0 aliphatic heterocycles. The Morgan fingerprint density at radius 3 is 2.46 bits per heavy atom. The van der Waals surface area contributed by atoms with Gasteiger partial charge in [-0.05, 0) is 28.1 Å². The number of nitrogen functional groups attached to an aromatic ring is 1. The zero-order valence-electron chi connectivity index (χ0n) is 13.6. The first-order chi connectivity index (χ1) is 11.3. The van der Waals surface area contributed by atoms with E-state index in [1.165, 1.54) is 0 Å². The molecule has 124 valence electrons. The summed E-state index contributed by atoms with van der Waals surface area (Å²) in [5, 5.41) is 1.38. The summed E-state index contributed by atoms with van der Waals surface area (Å²) in [5.41, 5.74) is 4.56. The van der Waals surface area contributed by atoms with E-state index in [1.54, 1.807) is 0 Å². The number of nitrogens with one attached hydrogen (secondary N) is 1. The van der Waals surface area contributed by atoms with E-state index in [4.69, 9.17) is 22.4 Å². The van der Waals surface area contributed by atoms with Crippen molar-refractivity contribution < 1.29 is 0 Å². The summed E-state index contributed by atoms with van der Waals surface area (Å²) in [6, 6.07) is 9.48. The summed E-state index contributed by atoms with van der Waals surface area (Å²) in [6.07, 6.45) is 0. The number of nitrogens with zero attached hydrogens (tertiary/aromatic N) is 3. The second-order valence-electron chi connectivity index (χ2n) is 6.46. The van der Waals surface area contributed by atoms with E-state index >= 15 is 0 Å². The van der Waals surface area contributed by atoms with Crippen LogP contribution in [0, 0.1) is 0 Å². The van der Waals surface area contributed by atoms with Gasteiger partial charge in [0.05, 0.1) is 11.1 Å². The van der Waals surface area contributed by atoms with Crippen molar-refractivity contribution in [2.45, 2.75) is 26.2 Å². The number of anilines is 1. The molecule has 3 rings (SSSR count). The molecule has 0 spiro atoms. The molecule has 0 atom stereocenters. The smallest absolute Gasteiger partial charge is 0.165 e. The minimum absolute atomic E-state index is 0.223. The van der Waals surface area contributed by atoms with E-state index in [1.807, 2.05) is 51.1 Å². The molecule has 0 radical (unpaired) electrons. The number of nitrogens with two attached hydrogens (primary N) is 1. The number of aromatic nitrogens is 3. The van der Waals surface area contributed by atoms with Gasteiger partial charge in [0.15, 0.2) is 11.5 Å². The Morgan fingerprint density at radius 2 is 1.83 bits per heavy atom. The third kappa shape index (κ3) is 3.09. The van der Waals surface area contributed by atoms with Gasteiger partial charge in [-0.15, -0.1) is 0 Å². The van der Waals surface area contributed by atoms with Gasteiger partial charge in [0.2, 0.25) is 0 Å². The van der Waals surface area contributed by atoms with Gasteiger partial charge in [-0.2, -0.15) is 0 Å². The highest BCUT2D eigenvalue weighted by molar-refractivity contribution is 9.10. The number of hydrogen-bond donors (Lipinski definition) is 2. The van der Waals surface area contributed by atoms with Crippen molar-refractivity contribution in [2.24, 2.45) is 5.84 Å². The van der Waals surface area contributed by atoms with Crippen LogP contribution in [-0.4, -0.2) is 15.0 Å². The molecule has 24 heavy (non-hydrogen) atoms. The molecule has 5 nitrogen and oxygen atoms in total. The van der Waals surface area contributed by atoms with Crippen molar-refractivity contribution in [3.63, 3.8) is 0 Å². The Bertz CT molecular complexity index is 921. The standard InChI is InChI=1S/C17H17BrClN5/c1-17(2,3)16-22-14-10(15(23-16)24-20)8-11(18)13(21-14)9-6-4-5-7-12(9)19/h4-8H,20H2,1-3H3,(H,21,22,23,24). The lowest BCUT2D eigenvalue weighted by Crippen LogP contribution is -2.19. The lowest BCUT2D eigenvalue weighted by Gasteiger charge is -2.18. The first kappa shape index (κ1) is 17.1. The normalized spacial score (nSPS) is 11.8. The van der Waals surface area contributed by atoms with Crippen LogP contribution in [0.15, 0.2) is 34.8 Å². The third-order valence-electron chi connectivity index (χ3n) is 3.58. The summed E-state index contributed by atoms with van der Waals surface area (Å²) in [5.74, 6) is 6.86. The van der Waals surface area contributed by atoms with Gasteiger partial charge in [-0.3, -0.25) is 0 Å². The van der Waals surface area contributed by atoms with Gasteiger partial charge in [0, 0.05) is 20.5 Å². The maximum atomic E-state index is 6.32.